The SMILES string of the molecule is CCOC(=O)c1c(C)cc(CBr)cc1F. The van der Waals surface area contributed by atoms with E-state index in [0.29, 0.717) is 10.9 Å². The molecule has 0 N–H and O–H groups in total. The van der Waals surface area contributed by atoms with Crippen LogP contribution in [-0.4, -0.2) is 12.6 Å². The zero-order valence-corrected chi connectivity index (χ0v) is 10.2. The number of carbonyl (C=O) groups excluding carboxylic acids is 1. The van der Waals surface area contributed by atoms with Gasteiger partial charge in [0.15, 0.2) is 0 Å². The van der Waals surface area contributed by atoms with Crippen molar-refractivity contribution in [3.63, 3.8) is 0 Å². The summed E-state index contributed by atoms with van der Waals surface area (Å²) in [6.07, 6.45) is 0. The van der Waals surface area contributed by atoms with Crippen LogP contribution in [0.3, 0.4) is 0 Å². The topological polar surface area (TPSA) is 26.3 Å². The van der Waals surface area contributed by atoms with E-state index < -0.39 is 11.8 Å². The van der Waals surface area contributed by atoms with Gasteiger partial charge in [-0.25, -0.2) is 9.18 Å². The molecule has 1 aromatic carbocycles. The van der Waals surface area contributed by atoms with Crippen LogP contribution < -0.4 is 0 Å². The van der Waals surface area contributed by atoms with Crippen molar-refractivity contribution >= 4 is 21.9 Å². The lowest BCUT2D eigenvalue weighted by molar-refractivity contribution is 0.0520. The maximum absolute atomic E-state index is 13.6. The van der Waals surface area contributed by atoms with E-state index in [2.05, 4.69) is 15.9 Å². The Bertz CT molecular complexity index is 354. The van der Waals surface area contributed by atoms with E-state index in [-0.39, 0.29) is 12.2 Å². The van der Waals surface area contributed by atoms with Gasteiger partial charge in [0.1, 0.15) is 5.82 Å². The molecule has 82 valence electrons. The van der Waals surface area contributed by atoms with Crippen LogP contribution in [-0.2, 0) is 10.1 Å². The number of aryl methyl sites for hydroxylation is 1. The van der Waals surface area contributed by atoms with Gasteiger partial charge < -0.3 is 4.74 Å². The molecule has 0 aliphatic rings. The number of benzene rings is 1. The molecule has 0 aromatic heterocycles. The average Bonchev–Trinajstić information content (AvgIpc) is 2.16. The third-order valence-corrected chi connectivity index (χ3v) is 2.63. The lowest BCUT2D eigenvalue weighted by Gasteiger charge is -2.08. The Balaban J connectivity index is 3.13. The summed E-state index contributed by atoms with van der Waals surface area (Å²) in [6.45, 7) is 3.64. The van der Waals surface area contributed by atoms with Gasteiger partial charge in [-0.05, 0) is 31.0 Å². The van der Waals surface area contributed by atoms with Crippen molar-refractivity contribution in [2.45, 2.75) is 19.2 Å². The standard InChI is InChI=1S/C11H12BrFO2/c1-3-15-11(14)10-7(2)4-8(6-12)5-9(10)13/h4-5H,3,6H2,1-2H3. The van der Waals surface area contributed by atoms with Crippen LogP contribution in [0.2, 0.25) is 0 Å². The summed E-state index contributed by atoms with van der Waals surface area (Å²) in [7, 11) is 0. The van der Waals surface area contributed by atoms with E-state index in [1.165, 1.54) is 6.07 Å². The number of hydrogen-bond acceptors (Lipinski definition) is 2. The predicted molar refractivity (Wildman–Crippen MR) is 59.7 cm³/mol. The van der Waals surface area contributed by atoms with Crippen LogP contribution in [0.5, 0.6) is 0 Å². The molecule has 0 radical (unpaired) electrons. The third kappa shape index (κ3) is 2.78. The van der Waals surface area contributed by atoms with E-state index in [0.717, 1.165) is 5.56 Å². The van der Waals surface area contributed by atoms with E-state index in [1.807, 2.05) is 0 Å². The molecule has 0 heterocycles. The number of halogens is 2. The van der Waals surface area contributed by atoms with Gasteiger partial charge >= 0.3 is 5.97 Å². The third-order valence-electron chi connectivity index (χ3n) is 1.98. The first-order valence-electron chi connectivity index (χ1n) is 4.62. The lowest BCUT2D eigenvalue weighted by atomic mass is 10.1. The highest BCUT2D eigenvalue weighted by atomic mass is 79.9. The zero-order valence-electron chi connectivity index (χ0n) is 8.64. The molecule has 0 unspecified atom stereocenters. The maximum Gasteiger partial charge on any atom is 0.341 e. The minimum absolute atomic E-state index is 0.0292. The van der Waals surface area contributed by atoms with Crippen molar-refractivity contribution in [2.75, 3.05) is 6.61 Å². The number of rotatable bonds is 3. The molecule has 15 heavy (non-hydrogen) atoms. The second-order valence-electron chi connectivity index (χ2n) is 3.12. The molecule has 0 saturated carbocycles. The summed E-state index contributed by atoms with van der Waals surface area (Å²) in [6, 6.07) is 3.11. The fourth-order valence-corrected chi connectivity index (χ4v) is 1.68. The number of esters is 1. The molecule has 0 bridgehead atoms. The Hall–Kier alpha value is -0.900. The van der Waals surface area contributed by atoms with Crippen molar-refractivity contribution in [1.82, 2.24) is 0 Å². The number of carbonyl (C=O) groups is 1. The normalized spacial score (nSPS) is 10.1. The Kier molecular flexibility index (Phi) is 4.27. The van der Waals surface area contributed by atoms with Gasteiger partial charge in [0.25, 0.3) is 0 Å². The van der Waals surface area contributed by atoms with Crippen molar-refractivity contribution in [2.24, 2.45) is 0 Å². The Labute approximate surface area is 96.6 Å². The Morgan fingerprint density at radius 3 is 2.67 bits per heavy atom. The molecule has 2 nitrogen and oxygen atoms in total. The molecule has 0 aliphatic heterocycles. The van der Waals surface area contributed by atoms with Crippen molar-refractivity contribution in [1.29, 1.82) is 0 Å². The predicted octanol–water partition coefficient (Wildman–Crippen LogP) is 3.21. The van der Waals surface area contributed by atoms with Crippen LogP contribution >= 0.6 is 15.9 Å². The van der Waals surface area contributed by atoms with Crippen LogP contribution in [0, 0.1) is 12.7 Å². The minimum atomic E-state index is -0.603. The highest BCUT2D eigenvalue weighted by Crippen LogP contribution is 2.18. The van der Waals surface area contributed by atoms with Gasteiger partial charge in [-0.2, -0.15) is 0 Å². The first kappa shape index (κ1) is 12.2. The van der Waals surface area contributed by atoms with E-state index in [9.17, 15) is 9.18 Å². The molecule has 0 atom stereocenters. The molecule has 0 aliphatic carbocycles. The van der Waals surface area contributed by atoms with E-state index in [1.54, 1.807) is 19.9 Å². The van der Waals surface area contributed by atoms with Crippen LogP contribution in [0.25, 0.3) is 0 Å². The van der Waals surface area contributed by atoms with Crippen LogP contribution in [0.15, 0.2) is 12.1 Å². The largest absolute Gasteiger partial charge is 0.462 e. The smallest absolute Gasteiger partial charge is 0.341 e. The van der Waals surface area contributed by atoms with Gasteiger partial charge in [0.05, 0.1) is 12.2 Å². The molecule has 0 saturated heterocycles. The van der Waals surface area contributed by atoms with Crippen molar-refractivity contribution in [3.8, 4) is 0 Å². The fraction of sp³-hybridized carbons (Fsp3) is 0.364. The van der Waals surface area contributed by atoms with Gasteiger partial charge in [-0.15, -0.1) is 0 Å². The Morgan fingerprint density at radius 1 is 1.53 bits per heavy atom. The molecular weight excluding hydrogens is 263 g/mol. The average molecular weight is 275 g/mol. The van der Waals surface area contributed by atoms with Gasteiger partial charge in [0.2, 0.25) is 0 Å². The lowest BCUT2D eigenvalue weighted by Crippen LogP contribution is -2.10. The monoisotopic (exact) mass is 274 g/mol. The summed E-state index contributed by atoms with van der Waals surface area (Å²) in [5, 5.41) is 0.563. The van der Waals surface area contributed by atoms with Crippen molar-refractivity contribution in [3.05, 3.63) is 34.6 Å². The second-order valence-corrected chi connectivity index (χ2v) is 3.68. The highest BCUT2D eigenvalue weighted by molar-refractivity contribution is 9.08. The molecule has 1 aromatic rings. The summed E-state index contributed by atoms with van der Waals surface area (Å²) in [4.78, 5) is 11.4. The number of ether oxygens (including phenoxy) is 1. The summed E-state index contributed by atoms with van der Waals surface area (Å²) < 4.78 is 18.3. The summed E-state index contributed by atoms with van der Waals surface area (Å²) >= 11 is 3.24. The molecular formula is C11H12BrFO2. The zero-order chi connectivity index (χ0) is 11.4. The summed E-state index contributed by atoms with van der Waals surface area (Å²) in [5.41, 5.74) is 1.43. The van der Waals surface area contributed by atoms with E-state index in [4.69, 9.17) is 4.74 Å². The highest BCUT2D eigenvalue weighted by Gasteiger charge is 2.16. The number of alkyl halides is 1. The maximum atomic E-state index is 13.6. The first-order valence-corrected chi connectivity index (χ1v) is 5.74. The quantitative estimate of drug-likeness (QED) is 0.625. The number of hydrogen-bond donors (Lipinski definition) is 0. The minimum Gasteiger partial charge on any atom is -0.462 e. The van der Waals surface area contributed by atoms with Gasteiger partial charge in [-0.3, -0.25) is 0 Å². The molecule has 0 spiro atoms. The second kappa shape index (κ2) is 5.26. The molecule has 1 rings (SSSR count). The molecule has 0 amide bonds. The Morgan fingerprint density at radius 2 is 2.20 bits per heavy atom. The molecule has 4 heteroatoms. The van der Waals surface area contributed by atoms with E-state index >= 15 is 0 Å². The van der Waals surface area contributed by atoms with Gasteiger partial charge in [0, 0.05) is 5.33 Å². The first-order chi connectivity index (χ1) is 7.10. The van der Waals surface area contributed by atoms with Gasteiger partial charge in [-0.1, -0.05) is 22.0 Å². The summed E-state index contributed by atoms with van der Waals surface area (Å²) in [5.74, 6) is -1.13. The molecule has 0 fully saturated rings. The fourth-order valence-electron chi connectivity index (χ4n) is 1.35. The van der Waals surface area contributed by atoms with Crippen LogP contribution in [0.1, 0.15) is 28.4 Å². The van der Waals surface area contributed by atoms with Crippen molar-refractivity contribution < 1.29 is 13.9 Å². The van der Waals surface area contributed by atoms with Crippen LogP contribution in [0.4, 0.5) is 4.39 Å².